The third-order valence-corrected chi connectivity index (χ3v) is 1.86. The highest BCUT2D eigenvalue weighted by atomic mass is 79.9. The Kier molecular flexibility index (Phi) is 1.67. The Hall–Kier alpha value is 0.400. The molecular formula is C4H7BrO2. The van der Waals surface area contributed by atoms with Crippen LogP contribution in [-0.2, 0) is 4.74 Å². The van der Waals surface area contributed by atoms with Crippen molar-refractivity contribution < 1.29 is 9.84 Å². The number of alkyl halides is 1. The second-order valence-electron chi connectivity index (χ2n) is 1.62. The molecule has 1 aliphatic heterocycles. The molecule has 1 N–H and O–H groups in total. The third-order valence-electron chi connectivity index (χ3n) is 0.983. The van der Waals surface area contributed by atoms with Gasteiger partial charge in [0.1, 0.15) is 0 Å². The average molecular weight is 167 g/mol. The molecule has 0 amide bonds. The van der Waals surface area contributed by atoms with E-state index in [1.807, 2.05) is 0 Å². The van der Waals surface area contributed by atoms with Crippen LogP contribution in [0.2, 0.25) is 0 Å². The van der Waals surface area contributed by atoms with Crippen molar-refractivity contribution in [1.29, 1.82) is 0 Å². The molecule has 1 rings (SSSR count). The van der Waals surface area contributed by atoms with Crippen LogP contribution in [0.25, 0.3) is 0 Å². The smallest absolute Gasteiger partial charge is 0.0920 e. The maximum Gasteiger partial charge on any atom is 0.0920 e. The van der Waals surface area contributed by atoms with Crippen LogP contribution in [0.15, 0.2) is 0 Å². The van der Waals surface area contributed by atoms with Gasteiger partial charge in [-0.15, -0.1) is 0 Å². The fraction of sp³-hybridized carbons (Fsp3) is 1.00. The first-order valence-electron chi connectivity index (χ1n) is 2.20. The van der Waals surface area contributed by atoms with Crippen molar-refractivity contribution in [2.45, 2.75) is 10.9 Å². The van der Waals surface area contributed by atoms with E-state index in [9.17, 15) is 0 Å². The van der Waals surface area contributed by atoms with E-state index >= 15 is 0 Å². The zero-order valence-corrected chi connectivity index (χ0v) is 5.39. The first-order chi connectivity index (χ1) is 3.30. The van der Waals surface area contributed by atoms with Crippen LogP contribution in [0.3, 0.4) is 0 Å². The molecule has 1 unspecified atom stereocenters. The molecule has 42 valence electrons. The Morgan fingerprint density at radius 3 is 2.43 bits per heavy atom. The molecule has 0 radical (unpaired) electrons. The lowest BCUT2D eigenvalue weighted by molar-refractivity contribution is 0.127. The van der Waals surface area contributed by atoms with Gasteiger partial charge in [0.25, 0.3) is 0 Å². The van der Waals surface area contributed by atoms with Crippen molar-refractivity contribution in [2.75, 3.05) is 13.2 Å². The van der Waals surface area contributed by atoms with Crippen LogP contribution in [0.1, 0.15) is 0 Å². The first-order valence-corrected chi connectivity index (χ1v) is 3.12. The Labute approximate surface area is 50.6 Å². The molecule has 1 aliphatic rings. The summed E-state index contributed by atoms with van der Waals surface area (Å²) in [6.45, 7) is 1.12. The fourth-order valence-electron chi connectivity index (χ4n) is 0.517. The molecule has 2 atom stereocenters. The lowest BCUT2D eigenvalue weighted by Gasteiger charge is -1.98. The van der Waals surface area contributed by atoms with Gasteiger partial charge in [-0.1, -0.05) is 15.9 Å². The van der Waals surface area contributed by atoms with Gasteiger partial charge >= 0.3 is 0 Å². The molecule has 0 spiro atoms. The second-order valence-corrected chi connectivity index (χ2v) is 2.80. The Balaban J connectivity index is 2.33. The molecule has 1 heterocycles. The maximum atomic E-state index is 8.83. The molecule has 0 bridgehead atoms. The summed E-state index contributed by atoms with van der Waals surface area (Å²) in [5.41, 5.74) is 0. The van der Waals surface area contributed by atoms with Crippen LogP contribution in [-0.4, -0.2) is 29.3 Å². The van der Waals surface area contributed by atoms with Crippen LogP contribution in [0.4, 0.5) is 0 Å². The Morgan fingerprint density at radius 1 is 1.57 bits per heavy atom. The summed E-state index contributed by atoms with van der Waals surface area (Å²) in [5.74, 6) is 0. The first kappa shape index (κ1) is 5.54. The number of hydrogen-bond acceptors (Lipinski definition) is 2. The summed E-state index contributed by atoms with van der Waals surface area (Å²) in [7, 11) is 0. The van der Waals surface area contributed by atoms with E-state index in [2.05, 4.69) is 15.9 Å². The summed E-state index contributed by atoms with van der Waals surface area (Å²) in [6.07, 6.45) is -0.292. The lowest BCUT2D eigenvalue weighted by atomic mass is 10.3. The van der Waals surface area contributed by atoms with E-state index < -0.39 is 0 Å². The number of halogens is 1. The molecule has 0 saturated carbocycles. The summed E-state index contributed by atoms with van der Waals surface area (Å²) >= 11 is 3.23. The van der Waals surface area contributed by atoms with E-state index in [4.69, 9.17) is 9.84 Å². The molecule has 3 heteroatoms. The van der Waals surface area contributed by atoms with E-state index in [-0.39, 0.29) is 10.9 Å². The van der Waals surface area contributed by atoms with Crippen molar-refractivity contribution in [3.05, 3.63) is 0 Å². The molecule has 7 heavy (non-hydrogen) atoms. The Bertz CT molecular complexity index is 58.7. The SMILES string of the molecule is O[C@H]1COCC1Br. The number of aliphatic hydroxyl groups is 1. The van der Waals surface area contributed by atoms with E-state index in [0.717, 1.165) is 0 Å². The van der Waals surface area contributed by atoms with Gasteiger partial charge in [0.2, 0.25) is 0 Å². The molecule has 1 fully saturated rings. The van der Waals surface area contributed by atoms with Gasteiger partial charge in [-0.05, 0) is 0 Å². The molecule has 2 nitrogen and oxygen atoms in total. The van der Waals surface area contributed by atoms with Gasteiger partial charge in [-0.3, -0.25) is 0 Å². The van der Waals surface area contributed by atoms with E-state index in [0.29, 0.717) is 13.2 Å². The summed E-state index contributed by atoms with van der Waals surface area (Å²) < 4.78 is 4.87. The van der Waals surface area contributed by atoms with Crippen molar-refractivity contribution in [3.8, 4) is 0 Å². The number of rotatable bonds is 0. The van der Waals surface area contributed by atoms with Gasteiger partial charge in [0.15, 0.2) is 0 Å². The third kappa shape index (κ3) is 1.15. The van der Waals surface area contributed by atoms with Crippen molar-refractivity contribution >= 4 is 15.9 Å². The number of aliphatic hydroxyl groups excluding tert-OH is 1. The average Bonchev–Trinajstić information content (AvgIpc) is 1.91. The fourth-order valence-corrected chi connectivity index (χ4v) is 0.856. The number of ether oxygens (including phenoxy) is 1. The minimum absolute atomic E-state index is 0.160. The van der Waals surface area contributed by atoms with Gasteiger partial charge < -0.3 is 9.84 Å². The topological polar surface area (TPSA) is 29.5 Å². The Morgan fingerprint density at radius 2 is 2.29 bits per heavy atom. The normalized spacial score (nSPS) is 42.0. The monoisotopic (exact) mass is 166 g/mol. The van der Waals surface area contributed by atoms with Gasteiger partial charge in [0, 0.05) is 0 Å². The molecule has 0 aromatic carbocycles. The number of hydrogen-bond donors (Lipinski definition) is 1. The van der Waals surface area contributed by atoms with Crippen molar-refractivity contribution in [2.24, 2.45) is 0 Å². The minimum Gasteiger partial charge on any atom is -0.389 e. The maximum absolute atomic E-state index is 8.83. The minimum atomic E-state index is -0.292. The zero-order valence-electron chi connectivity index (χ0n) is 3.80. The van der Waals surface area contributed by atoms with Crippen LogP contribution in [0.5, 0.6) is 0 Å². The molecule has 0 aliphatic carbocycles. The van der Waals surface area contributed by atoms with E-state index in [1.54, 1.807) is 0 Å². The zero-order chi connectivity index (χ0) is 5.28. The highest BCUT2D eigenvalue weighted by Gasteiger charge is 2.22. The second kappa shape index (κ2) is 2.11. The predicted molar refractivity (Wildman–Crippen MR) is 29.5 cm³/mol. The molecule has 1 saturated heterocycles. The summed E-state index contributed by atoms with van der Waals surface area (Å²) in [5, 5.41) is 8.83. The van der Waals surface area contributed by atoms with Crippen LogP contribution < -0.4 is 0 Å². The van der Waals surface area contributed by atoms with Crippen molar-refractivity contribution in [1.82, 2.24) is 0 Å². The molecular weight excluding hydrogens is 160 g/mol. The van der Waals surface area contributed by atoms with Crippen molar-refractivity contribution in [3.63, 3.8) is 0 Å². The predicted octanol–water partition coefficient (Wildman–Crippen LogP) is 0.141. The summed E-state index contributed by atoms with van der Waals surface area (Å²) in [4.78, 5) is 0.160. The summed E-state index contributed by atoms with van der Waals surface area (Å²) in [6, 6.07) is 0. The molecule has 0 aromatic heterocycles. The highest BCUT2D eigenvalue weighted by molar-refractivity contribution is 9.09. The largest absolute Gasteiger partial charge is 0.389 e. The standard InChI is InChI=1S/C4H7BrO2/c5-3-1-7-2-4(3)6/h3-4,6H,1-2H2/t3?,4-/m0/s1. The highest BCUT2D eigenvalue weighted by Crippen LogP contribution is 2.12. The van der Waals surface area contributed by atoms with Crippen LogP contribution in [0, 0.1) is 0 Å². The van der Waals surface area contributed by atoms with Gasteiger partial charge in [-0.2, -0.15) is 0 Å². The van der Waals surface area contributed by atoms with Gasteiger partial charge in [0.05, 0.1) is 24.1 Å². The molecule has 0 aromatic rings. The van der Waals surface area contributed by atoms with E-state index in [1.165, 1.54) is 0 Å². The lowest BCUT2D eigenvalue weighted by Crippen LogP contribution is -2.16. The van der Waals surface area contributed by atoms with Gasteiger partial charge in [-0.25, -0.2) is 0 Å². The quantitative estimate of drug-likeness (QED) is 0.520. The van der Waals surface area contributed by atoms with Crippen LogP contribution >= 0.6 is 15.9 Å².